The van der Waals surface area contributed by atoms with E-state index in [0.29, 0.717) is 6.54 Å². The van der Waals surface area contributed by atoms with E-state index in [1.807, 2.05) is 40.7 Å². The van der Waals surface area contributed by atoms with Crippen LogP contribution in [0, 0.1) is 12.7 Å². The summed E-state index contributed by atoms with van der Waals surface area (Å²) in [4.78, 5) is 0. The highest BCUT2D eigenvalue weighted by atomic mass is 19.1. The van der Waals surface area contributed by atoms with Crippen LogP contribution in [0.1, 0.15) is 38.8 Å². The smallest absolute Gasteiger partial charge is 0.400 e. The molecule has 0 atom stereocenters. The molecule has 0 unspecified atom stereocenters. The van der Waals surface area contributed by atoms with E-state index >= 15 is 0 Å². The van der Waals surface area contributed by atoms with Gasteiger partial charge in [-0.05, 0) is 63.4 Å². The van der Waals surface area contributed by atoms with Gasteiger partial charge in [0.25, 0.3) is 0 Å². The summed E-state index contributed by atoms with van der Waals surface area (Å²) in [7, 11) is -0.468. The monoisotopic (exact) mass is 291 g/mol. The number of halogens is 1. The maximum atomic E-state index is 13.2. The molecular weight excluding hydrogens is 268 g/mol. The summed E-state index contributed by atoms with van der Waals surface area (Å²) >= 11 is 0. The third-order valence-electron chi connectivity index (χ3n) is 4.36. The standard InChI is InChI=1S/C16H23BFNO2/c1-11-8-14(18)7-6-12(11)9-13(10-19)17-20-15(2,3)16(4,5)21-17/h6-9H,10,19H2,1-5H3. The van der Waals surface area contributed by atoms with E-state index in [1.165, 1.54) is 12.1 Å². The second-order valence-corrected chi connectivity index (χ2v) is 6.51. The topological polar surface area (TPSA) is 44.5 Å². The quantitative estimate of drug-likeness (QED) is 0.870. The fourth-order valence-corrected chi connectivity index (χ4v) is 2.22. The third kappa shape index (κ3) is 3.20. The Morgan fingerprint density at radius 2 is 1.81 bits per heavy atom. The lowest BCUT2D eigenvalue weighted by Gasteiger charge is -2.32. The zero-order valence-electron chi connectivity index (χ0n) is 13.4. The Bertz CT molecular complexity index is 553. The Kier molecular flexibility index (Phi) is 4.29. The Labute approximate surface area is 126 Å². The first kappa shape index (κ1) is 16.2. The summed E-state index contributed by atoms with van der Waals surface area (Å²) in [5.74, 6) is -0.241. The normalized spacial score (nSPS) is 20.9. The number of aryl methyl sites for hydroxylation is 1. The minimum Gasteiger partial charge on any atom is -0.400 e. The van der Waals surface area contributed by atoms with E-state index in [4.69, 9.17) is 15.0 Å². The number of benzene rings is 1. The average molecular weight is 291 g/mol. The molecule has 2 rings (SSSR count). The Balaban J connectivity index is 2.31. The van der Waals surface area contributed by atoms with Gasteiger partial charge >= 0.3 is 7.12 Å². The highest BCUT2D eigenvalue weighted by Gasteiger charge is 2.52. The van der Waals surface area contributed by atoms with E-state index in [2.05, 4.69) is 0 Å². The molecule has 1 aliphatic heterocycles. The summed E-state index contributed by atoms with van der Waals surface area (Å²) < 4.78 is 25.2. The van der Waals surface area contributed by atoms with Gasteiger partial charge in [0.05, 0.1) is 11.2 Å². The zero-order chi connectivity index (χ0) is 15.8. The van der Waals surface area contributed by atoms with Crippen molar-refractivity contribution in [2.45, 2.75) is 45.8 Å². The largest absolute Gasteiger partial charge is 0.491 e. The molecule has 1 aromatic carbocycles. The van der Waals surface area contributed by atoms with Crippen LogP contribution in [-0.4, -0.2) is 24.9 Å². The van der Waals surface area contributed by atoms with Gasteiger partial charge < -0.3 is 15.0 Å². The lowest BCUT2D eigenvalue weighted by atomic mass is 9.77. The summed E-state index contributed by atoms with van der Waals surface area (Å²) in [6, 6.07) is 4.69. The van der Waals surface area contributed by atoms with Crippen molar-refractivity contribution in [2.75, 3.05) is 6.54 Å². The molecule has 2 N–H and O–H groups in total. The summed E-state index contributed by atoms with van der Waals surface area (Å²) in [5, 5.41) is 0. The fraction of sp³-hybridized carbons (Fsp3) is 0.500. The van der Waals surface area contributed by atoms with Crippen LogP contribution < -0.4 is 5.73 Å². The Morgan fingerprint density at radius 1 is 1.24 bits per heavy atom. The van der Waals surface area contributed by atoms with Crippen LogP contribution in [0.4, 0.5) is 4.39 Å². The molecule has 3 nitrogen and oxygen atoms in total. The highest BCUT2D eigenvalue weighted by molar-refractivity contribution is 6.55. The molecule has 1 aliphatic rings. The van der Waals surface area contributed by atoms with E-state index in [0.717, 1.165) is 16.6 Å². The molecule has 1 saturated heterocycles. The van der Waals surface area contributed by atoms with Crippen molar-refractivity contribution in [2.24, 2.45) is 5.73 Å². The molecule has 0 radical (unpaired) electrons. The SMILES string of the molecule is Cc1cc(F)ccc1C=C(CN)B1OC(C)(C)C(C)(C)O1. The Hall–Kier alpha value is -1.17. The van der Waals surface area contributed by atoms with Gasteiger partial charge in [0.1, 0.15) is 5.82 Å². The molecule has 0 aliphatic carbocycles. The van der Waals surface area contributed by atoms with Gasteiger partial charge in [0.2, 0.25) is 0 Å². The summed E-state index contributed by atoms with van der Waals surface area (Å²) in [6.45, 7) is 10.2. The number of nitrogens with two attached hydrogens (primary N) is 1. The van der Waals surface area contributed by atoms with Gasteiger partial charge in [0, 0.05) is 6.54 Å². The molecule has 1 heterocycles. The zero-order valence-corrected chi connectivity index (χ0v) is 13.4. The number of hydrogen-bond donors (Lipinski definition) is 1. The van der Waals surface area contributed by atoms with E-state index in [1.54, 1.807) is 6.07 Å². The fourth-order valence-electron chi connectivity index (χ4n) is 2.22. The maximum absolute atomic E-state index is 13.2. The van der Waals surface area contributed by atoms with Gasteiger partial charge in [-0.3, -0.25) is 0 Å². The lowest BCUT2D eigenvalue weighted by Crippen LogP contribution is -2.41. The average Bonchev–Trinajstić information content (AvgIpc) is 2.57. The van der Waals surface area contributed by atoms with Crippen LogP contribution in [0.25, 0.3) is 6.08 Å². The van der Waals surface area contributed by atoms with Crippen molar-refractivity contribution in [3.8, 4) is 0 Å². The minimum atomic E-state index is -0.468. The van der Waals surface area contributed by atoms with Gasteiger partial charge in [-0.15, -0.1) is 0 Å². The van der Waals surface area contributed by atoms with Gasteiger partial charge in [-0.2, -0.15) is 0 Å². The van der Waals surface area contributed by atoms with Crippen LogP contribution in [0.3, 0.4) is 0 Å². The van der Waals surface area contributed by atoms with Crippen molar-refractivity contribution >= 4 is 13.2 Å². The molecule has 0 bridgehead atoms. The van der Waals surface area contributed by atoms with Crippen LogP contribution in [-0.2, 0) is 9.31 Å². The van der Waals surface area contributed by atoms with Crippen LogP contribution >= 0.6 is 0 Å². The van der Waals surface area contributed by atoms with Crippen LogP contribution in [0.5, 0.6) is 0 Å². The van der Waals surface area contributed by atoms with E-state index in [9.17, 15) is 4.39 Å². The number of rotatable bonds is 3. The molecule has 5 heteroatoms. The predicted octanol–water partition coefficient (Wildman–Crippen LogP) is 3.11. The lowest BCUT2D eigenvalue weighted by molar-refractivity contribution is 0.00578. The molecule has 1 aromatic rings. The second kappa shape index (κ2) is 5.56. The maximum Gasteiger partial charge on any atom is 0.491 e. The van der Waals surface area contributed by atoms with Crippen molar-refractivity contribution in [3.05, 3.63) is 40.6 Å². The summed E-state index contributed by atoms with van der Waals surface area (Å²) in [6.07, 6.45) is 1.93. The van der Waals surface area contributed by atoms with Crippen molar-refractivity contribution in [1.29, 1.82) is 0 Å². The van der Waals surface area contributed by atoms with Gasteiger partial charge in [-0.25, -0.2) is 4.39 Å². The molecule has 0 saturated carbocycles. The van der Waals surface area contributed by atoms with Crippen LogP contribution in [0.15, 0.2) is 23.7 Å². The first-order valence-electron chi connectivity index (χ1n) is 7.18. The number of hydrogen-bond acceptors (Lipinski definition) is 3. The second-order valence-electron chi connectivity index (χ2n) is 6.51. The Morgan fingerprint density at radius 3 is 2.29 bits per heavy atom. The van der Waals surface area contributed by atoms with Crippen molar-refractivity contribution in [3.63, 3.8) is 0 Å². The molecule has 0 spiro atoms. The molecule has 1 fully saturated rings. The first-order chi connectivity index (χ1) is 9.66. The van der Waals surface area contributed by atoms with Crippen LogP contribution in [0.2, 0.25) is 0 Å². The van der Waals surface area contributed by atoms with Crippen molar-refractivity contribution < 1.29 is 13.7 Å². The molecule has 0 aromatic heterocycles. The molecule has 21 heavy (non-hydrogen) atoms. The predicted molar refractivity (Wildman–Crippen MR) is 84.3 cm³/mol. The summed E-state index contributed by atoms with van der Waals surface area (Å²) in [5.41, 5.74) is 7.69. The molecule has 0 amide bonds. The van der Waals surface area contributed by atoms with E-state index < -0.39 is 18.3 Å². The highest BCUT2D eigenvalue weighted by Crippen LogP contribution is 2.38. The van der Waals surface area contributed by atoms with Gasteiger partial charge in [0.15, 0.2) is 0 Å². The third-order valence-corrected chi connectivity index (χ3v) is 4.36. The van der Waals surface area contributed by atoms with Crippen molar-refractivity contribution in [1.82, 2.24) is 0 Å². The molecule has 114 valence electrons. The van der Waals surface area contributed by atoms with Gasteiger partial charge in [-0.1, -0.05) is 12.1 Å². The minimum absolute atomic E-state index is 0.241. The first-order valence-corrected chi connectivity index (χ1v) is 7.18. The van der Waals surface area contributed by atoms with E-state index in [-0.39, 0.29) is 5.82 Å². The molecular formula is C16H23BFNO2.